The van der Waals surface area contributed by atoms with Crippen LogP contribution in [0.4, 0.5) is 0 Å². The molecule has 9 heteroatoms. The smallest absolute Gasteiger partial charge is 0.271 e. The van der Waals surface area contributed by atoms with Crippen molar-refractivity contribution in [1.29, 1.82) is 0 Å². The maximum atomic E-state index is 12.6. The molecule has 38 heavy (non-hydrogen) atoms. The molecule has 0 bridgehead atoms. The van der Waals surface area contributed by atoms with Crippen LogP contribution in [0.1, 0.15) is 67.4 Å². The van der Waals surface area contributed by atoms with E-state index in [1.165, 1.54) is 11.3 Å². The summed E-state index contributed by atoms with van der Waals surface area (Å²) in [7, 11) is 1.99. The highest BCUT2D eigenvalue weighted by atomic mass is 32.1. The molecule has 0 saturated carbocycles. The summed E-state index contributed by atoms with van der Waals surface area (Å²) in [5.41, 5.74) is 1.40. The number of ether oxygens (including phenoxy) is 1. The van der Waals surface area contributed by atoms with E-state index in [4.69, 9.17) is 9.84 Å². The molecule has 0 radical (unpaired) electrons. The highest BCUT2D eigenvalue weighted by Crippen LogP contribution is 2.30. The molecule has 2 aliphatic rings. The van der Waals surface area contributed by atoms with Crippen LogP contribution in [0, 0.1) is 0 Å². The van der Waals surface area contributed by atoms with Gasteiger partial charge in [-0.1, -0.05) is 24.8 Å². The first-order valence-corrected chi connectivity index (χ1v) is 14.1. The maximum Gasteiger partial charge on any atom is 0.271 e. The Morgan fingerprint density at radius 3 is 2.71 bits per heavy atom. The third kappa shape index (κ3) is 10.7. The summed E-state index contributed by atoms with van der Waals surface area (Å²) in [6, 6.07) is 0. The molecule has 0 atom stereocenters. The van der Waals surface area contributed by atoms with Crippen LogP contribution in [0.5, 0.6) is 0 Å². The van der Waals surface area contributed by atoms with Gasteiger partial charge in [0.2, 0.25) is 5.91 Å². The minimum absolute atomic E-state index is 0.169. The predicted octanol–water partition coefficient (Wildman–Crippen LogP) is 4.75. The van der Waals surface area contributed by atoms with Gasteiger partial charge >= 0.3 is 0 Å². The summed E-state index contributed by atoms with van der Waals surface area (Å²) in [5, 5.41) is 13.3. The van der Waals surface area contributed by atoms with Gasteiger partial charge in [-0.05, 0) is 51.3 Å². The molecule has 3 rings (SSSR count). The molecule has 2 amide bonds. The van der Waals surface area contributed by atoms with Crippen LogP contribution < -0.4 is 5.32 Å². The molecular formula is C29H42N4O4S. The average molecular weight is 543 g/mol. The number of aromatic nitrogens is 1. The lowest BCUT2D eigenvalue weighted by atomic mass is 9.97. The number of thiazole rings is 1. The van der Waals surface area contributed by atoms with Crippen molar-refractivity contribution in [3.8, 4) is 0 Å². The molecule has 1 aromatic heterocycles. The van der Waals surface area contributed by atoms with E-state index >= 15 is 0 Å². The van der Waals surface area contributed by atoms with Crippen molar-refractivity contribution in [2.24, 2.45) is 0 Å². The lowest BCUT2D eigenvalue weighted by Crippen LogP contribution is -2.37. The lowest BCUT2D eigenvalue weighted by molar-refractivity contribution is -0.132. The van der Waals surface area contributed by atoms with E-state index in [9.17, 15) is 9.59 Å². The Labute approximate surface area is 231 Å². The van der Waals surface area contributed by atoms with E-state index in [2.05, 4.69) is 28.7 Å². The second-order valence-electron chi connectivity index (χ2n) is 8.94. The van der Waals surface area contributed by atoms with E-state index in [-0.39, 0.29) is 18.4 Å². The second kappa shape index (κ2) is 17.4. The Hall–Kier alpha value is -3.17. The van der Waals surface area contributed by atoms with Gasteiger partial charge in [-0.25, -0.2) is 4.98 Å². The summed E-state index contributed by atoms with van der Waals surface area (Å²) in [6.45, 7) is 10.8. The lowest BCUT2D eigenvalue weighted by Gasteiger charge is -2.31. The molecule has 0 aromatic carbocycles. The maximum absolute atomic E-state index is 12.6. The largest absolute Gasteiger partial charge is 0.470 e. The Morgan fingerprint density at radius 1 is 1.32 bits per heavy atom. The highest BCUT2D eigenvalue weighted by Gasteiger charge is 2.26. The van der Waals surface area contributed by atoms with Gasteiger partial charge < -0.3 is 25.0 Å². The number of aliphatic hydroxyl groups excluding tert-OH is 1. The van der Waals surface area contributed by atoms with E-state index in [1.54, 1.807) is 13.2 Å². The summed E-state index contributed by atoms with van der Waals surface area (Å²) in [5.74, 6) is 1.17. The summed E-state index contributed by atoms with van der Waals surface area (Å²) >= 11 is 1.53. The molecule has 3 heterocycles. The van der Waals surface area contributed by atoms with Crippen LogP contribution in [0.2, 0.25) is 0 Å². The Balaban J connectivity index is 0.00000161. The van der Waals surface area contributed by atoms with Crippen molar-refractivity contribution in [2.75, 3.05) is 39.8 Å². The highest BCUT2D eigenvalue weighted by molar-refractivity contribution is 7.09. The molecule has 1 aromatic rings. The molecule has 8 nitrogen and oxygen atoms in total. The molecule has 2 aliphatic heterocycles. The van der Waals surface area contributed by atoms with Crippen LogP contribution in [-0.4, -0.2) is 71.5 Å². The zero-order valence-electron chi connectivity index (χ0n) is 22.9. The topological polar surface area (TPSA) is 95.0 Å². The van der Waals surface area contributed by atoms with E-state index < -0.39 is 0 Å². The van der Waals surface area contributed by atoms with E-state index in [0.717, 1.165) is 55.4 Å². The number of carbonyl (C=O) groups is 2. The molecule has 0 unspecified atom stereocenters. The van der Waals surface area contributed by atoms with Gasteiger partial charge in [0.25, 0.3) is 5.91 Å². The number of nitrogens with zero attached hydrogens (tertiary/aromatic N) is 3. The monoisotopic (exact) mass is 542 g/mol. The second-order valence-corrected chi connectivity index (χ2v) is 9.83. The number of nitrogens with one attached hydrogen (secondary N) is 1. The number of hydrogen-bond acceptors (Lipinski definition) is 7. The number of amides is 2. The van der Waals surface area contributed by atoms with Crippen LogP contribution in [0.15, 0.2) is 66.1 Å². The number of likely N-dealkylation sites (N-methyl/N-ethyl adjacent to an activating group) is 1. The summed E-state index contributed by atoms with van der Waals surface area (Å²) in [6.07, 6.45) is 17.0. The summed E-state index contributed by atoms with van der Waals surface area (Å²) in [4.78, 5) is 33.6. The number of rotatable bonds is 11. The van der Waals surface area contributed by atoms with Crippen LogP contribution in [0.25, 0.3) is 0 Å². The van der Waals surface area contributed by atoms with Gasteiger partial charge in [-0.2, -0.15) is 0 Å². The first kappa shape index (κ1) is 31.1. The molecule has 208 valence electrons. The zero-order chi connectivity index (χ0) is 27.8. The third-order valence-electron chi connectivity index (χ3n) is 6.21. The number of carbonyl (C=O) groups excluding carboxylic acids is 2. The van der Waals surface area contributed by atoms with Crippen molar-refractivity contribution >= 4 is 23.2 Å². The molecule has 2 N–H and O–H groups in total. The first-order valence-electron chi connectivity index (χ1n) is 13.3. The van der Waals surface area contributed by atoms with Crippen molar-refractivity contribution in [3.63, 3.8) is 0 Å². The zero-order valence-corrected chi connectivity index (χ0v) is 23.7. The third-order valence-corrected chi connectivity index (χ3v) is 7.22. The average Bonchev–Trinajstić information content (AvgIpc) is 3.44. The van der Waals surface area contributed by atoms with Crippen LogP contribution >= 0.6 is 11.3 Å². The van der Waals surface area contributed by atoms with Crippen molar-refractivity contribution < 1.29 is 19.4 Å². The number of allylic oxidation sites excluding steroid dienone is 6. The van der Waals surface area contributed by atoms with Crippen molar-refractivity contribution in [3.05, 3.63) is 76.8 Å². The molecule has 0 aliphatic carbocycles. The first-order chi connectivity index (χ1) is 18.4. The molecule has 1 saturated heterocycles. The van der Waals surface area contributed by atoms with Gasteiger partial charge in [-0.3, -0.25) is 9.59 Å². The fourth-order valence-electron chi connectivity index (χ4n) is 3.83. The SMILES string of the molecule is C=C(/C=C\C=C/CNC(=O)c1csc(C2CCN(C(=O)CCC3=CCC=CO3)CC2)n1)N(C)CC.CCO. The normalized spacial score (nSPS) is 15.6. The number of piperidine rings is 1. The van der Waals surface area contributed by atoms with Crippen molar-refractivity contribution in [2.45, 2.75) is 51.9 Å². The van der Waals surface area contributed by atoms with Crippen LogP contribution in [-0.2, 0) is 9.53 Å². The number of likely N-dealkylation sites (tertiary alicyclic amines) is 1. The van der Waals surface area contributed by atoms with Gasteiger partial charge in [-0.15, -0.1) is 11.3 Å². The van der Waals surface area contributed by atoms with E-state index in [0.29, 0.717) is 31.0 Å². The predicted molar refractivity (Wildman–Crippen MR) is 154 cm³/mol. The van der Waals surface area contributed by atoms with Crippen LogP contribution in [0.3, 0.4) is 0 Å². The van der Waals surface area contributed by atoms with E-state index in [1.807, 2.05) is 53.8 Å². The van der Waals surface area contributed by atoms with Gasteiger partial charge in [0.05, 0.1) is 17.0 Å². The fourth-order valence-corrected chi connectivity index (χ4v) is 4.80. The number of hydrogen-bond donors (Lipinski definition) is 2. The fraction of sp³-hybridized carbons (Fsp3) is 0.483. The minimum atomic E-state index is -0.169. The van der Waals surface area contributed by atoms with Gasteiger partial charge in [0.15, 0.2) is 0 Å². The van der Waals surface area contributed by atoms with Gasteiger partial charge in [0.1, 0.15) is 5.69 Å². The Kier molecular flexibility index (Phi) is 14.2. The Morgan fingerprint density at radius 2 is 2.05 bits per heavy atom. The molecular weight excluding hydrogens is 500 g/mol. The standard InChI is InChI=1S/C27H36N4O3S.C2H6O/c1-4-30(3)21(2)10-6-5-8-16-28-26(33)24-20-35-27(29-24)22-14-17-31(18-15-22)25(32)13-12-23-11-7-9-19-34-23;1-2-3/h5-6,8-11,19-20,22H,2,4,7,12-18H2,1,3H3,(H,28,33);3H,2H2,1H3/b8-5-,10-6-;. The van der Waals surface area contributed by atoms with Crippen molar-refractivity contribution in [1.82, 2.24) is 20.1 Å². The van der Waals surface area contributed by atoms with Gasteiger partial charge in [0, 0.05) is 69.7 Å². The minimum Gasteiger partial charge on any atom is -0.470 e. The quantitative estimate of drug-likeness (QED) is 0.392. The Bertz CT molecular complexity index is 1020. The number of aliphatic hydroxyl groups is 1. The molecule has 0 spiro atoms. The summed E-state index contributed by atoms with van der Waals surface area (Å²) < 4.78 is 5.43. The molecule has 1 fully saturated rings.